The maximum atomic E-state index is 5.45. The summed E-state index contributed by atoms with van der Waals surface area (Å²) in [5.41, 5.74) is 7.87. The fourth-order valence-corrected chi connectivity index (χ4v) is 1.52. The van der Waals surface area contributed by atoms with Crippen molar-refractivity contribution in [2.45, 2.75) is 32.6 Å². The fraction of sp³-hybridized carbons (Fsp3) is 0.583. The fourth-order valence-electron chi connectivity index (χ4n) is 1.52. The summed E-state index contributed by atoms with van der Waals surface area (Å²) >= 11 is 0. The molecule has 0 radical (unpaired) electrons. The van der Waals surface area contributed by atoms with E-state index in [9.17, 15) is 0 Å². The van der Waals surface area contributed by atoms with Crippen molar-refractivity contribution < 1.29 is 0 Å². The molecule has 0 aliphatic carbocycles. The summed E-state index contributed by atoms with van der Waals surface area (Å²) in [7, 11) is 1.95. The van der Waals surface area contributed by atoms with Crippen molar-refractivity contribution in [3.63, 3.8) is 0 Å². The monoisotopic (exact) mass is 207 g/mol. The lowest BCUT2D eigenvalue weighted by Gasteiger charge is -2.16. The molecular formula is C12H21N3. The van der Waals surface area contributed by atoms with Crippen LogP contribution in [0.2, 0.25) is 0 Å². The predicted molar refractivity (Wildman–Crippen MR) is 64.6 cm³/mol. The highest BCUT2D eigenvalue weighted by atomic mass is 15.3. The summed E-state index contributed by atoms with van der Waals surface area (Å²) in [5.74, 6) is 0. The van der Waals surface area contributed by atoms with E-state index in [0.29, 0.717) is 6.54 Å². The molecule has 0 atom stereocenters. The molecule has 0 unspecified atom stereocenters. The van der Waals surface area contributed by atoms with Crippen molar-refractivity contribution in [1.29, 1.82) is 0 Å². The Morgan fingerprint density at radius 1 is 1.47 bits per heavy atom. The molecule has 0 saturated heterocycles. The van der Waals surface area contributed by atoms with Crippen LogP contribution in [-0.2, 0) is 12.5 Å². The van der Waals surface area contributed by atoms with Crippen LogP contribution in [0.1, 0.15) is 38.4 Å². The van der Waals surface area contributed by atoms with E-state index < -0.39 is 0 Å². The average Bonchev–Trinajstić information content (AvgIpc) is 2.47. The lowest BCUT2D eigenvalue weighted by Crippen LogP contribution is -2.13. The van der Waals surface area contributed by atoms with Crippen LogP contribution in [-0.4, -0.2) is 16.3 Å². The van der Waals surface area contributed by atoms with Gasteiger partial charge in [0, 0.05) is 24.2 Å². The van der Waals surface area contributed by atoms with Gasteiger partial charge in [-0.3, -0.25) is 4.68 Å². The lowest BCUT2D eigenvalue weighted by molar-refractivity contribution is 0.552. The number of rotatable bonds is 3. The van der Waals surface area contributed by atoms with Gasteiger partial charge in [-0.25, -0.2) is 0 Å². The van der Waals surface area contributed by atoms with E-state index in [0.717, 1.165) is 12.1 Å². The Bertz CT molecular complexity index is 342. The van der Waals surface area contributed by atoms with E-state index in [1.807, 2.05) is 17.9 Å². The first-order valence-electron chi connectivity index (χ1n) is 5.36. The van der Waals surface area contributed by atoms with Gasteiger partial charge in [-0.05, 0) is 13.0 Å². The Balaban J connectivity index is 2.97. The molecule has 84 valence electrons. The maximum Gasteiger partial charge on any atom is 0.0750 e. The zero-order valence-corrected chi connectivity index (χ0v) is 10.1. The molecule has 3 heteroatoms. The Kier molecular flexibility index (Phi) is 3.69. The average molecular weight is 207 g/mol. The molecule has 0 aromatic carbocycles. The number of hydrogen-bond donors (Lipinski definition) is 1. The van der Waals surface area contributed by atoms with Crippen LogP contribution < -0.4 is 5.73 Å². The topological polar surface area (TPSA) is 43.8 Å². The molecule has 1 rings (SSSR count). The second-order valence-corrected chi connectivity index (χ2v) is 4.84. The molecule has 0 aliphatic rings. The van der Waals surface area contributed by atoms with Gasteiger partial charge < -0.3 is 5.73 Å². The third-order valence-electron chi connectivity index (χ3n) is 2.20. The molecular weight excluding hydrogens is 186 g/mol. The minimum absolute atomic E-state index is 0.0870. The van der Waals surface area contributed by atoms with Gasteiger partial charge in [0.2, 0.25) is 0 Å². The van der Waals surface area contributed by atoms with Gasteiger partial charge in [-0.2, -0.15) is 5.10 Å². The SMILES string of the molecule is Cn1cc(/C=C/CCN)c(C(C)(C)C)n1. The minimum atomic E-state index is 0.0870. The zero-order chi connectivity index (χ0) is 11.5. The summed E-state index contributed by atoms with van der Waals surface area (Å²) in [5, 5.41) is 4.49. The van der Waals surface area contributed by atoms with Crippen LogP contribution in [0.25, 0.3) is 6.08 Å². The van der Waals surface area contributed by atoms with Crippen molar-refractivity contribution in [2.24, 2.45) is 12.8 Å². The predicted octanol–water partition coefficient (Wildman–Crippen LogP) is 2.08. The Labute approximate surface area is 92.0 Å². The Morgan fingerprint density at radius 3 is 2.67 bits per heavy atom. The summed E-state index contributed by atoms with van der Waals surface area (Å²) in [4.78, 5) is 0. The highest BCUT2D eigenvalue weighted by Gasteiger charge is 2.20. The summed E-state index contributed by atoms with van der Waals surface area (Å²) in [6, 6.07) is 0. The highest BCUT2D eigenvalue weighted by Crippen LogP contribution is 2.24. The first-order chi connectivity index (χ1) is 6.95. The smallest absolute Gasteiger partial charge is 0.0750 e. The molecule has 1 aromatic heterocycles. The molecule has 0 fully saturated rings. The largest absolute Gasteiger partial charge is 0.330 e. The molecule has 2 N–H and O–H groups in total. The molecule has 0 bridgehead atoms. The van der Waals surface area contributed by atoms with E-state index in [2.05, 4.69) is 38.0 Å². The van der Waals surface area contributed by atoms with Crippen LogP contribution in [0, 0.1) is 0 Å². The second kappa shape index (κ2) is 4.62. The molecule has 0 amide bonds. The van der Waals surface area contributed by atoms with Crippen molar-refractivity contribution in [3.8, 4) is 0 Å². The van der Waals surface area contributed by atoms with Gasteiger partial charge in [0.25, 0.3) is 0 Å². The third kappa shape index (κ3) is 3.20. The van der Waals surface area contributed by atoms with Crippen molar-refractivity contribution >= 4 is 6.08 Å². The second-order valence-electron chi connectivity index (χ2n) is 4.84. The number of aromatic nitrogens is 2. The summed E-state index contributed by atoms with van der Waals surface area (Å²) in [6.07, 6.45) is 7.18. The van der Waals surface area contributed by atoms with E-state index in [4.69, 9.17) is 5.73 Å². The highest BCUT2D eigenvalue weighted by molar-refractivity contribution is 5.52. The van der Waals surface area contributed by atoms with Crippen LogP contribution in [0.15, 0.2) is 12.3 Å². The van der Waals surface area contributed by atoms with Gasteiger partial charge in [0.15, 0.2) is 0 Å². The van der Waals surface area contributed by atoms with Gasteiger partial charge >= 0.3 is 0 Å². The van der Waals surface area contributed by atoms with E-state index in [-0.39, 0.29) is 5.41 Å². The van der Waals surface area contributed by atoms with E-state index >= 15 is 0 Å². The molecule has 3 nitrogen and oxygen atoms in total. The number of nitrogens with zero attached hydrogens (tertiary/aromatic N) is 2. The molecule has 0 saturated carbocycles. The van der Waals surface area contributed by atoms with Gasteiger partial charge in [-0.1, -0.05) is 32.9 Å². The quantitative estimate of drug-likeness (QED) is 0.824. The molecule has 0 spiro atoms. The van der Waals surface area contributed by atoms with Crippen molar-refractivity contribution in [3.05, 3.63) is 23.5 Å². The third-order valence-corrected chi connectivity index (χ3v) is 2.20. The van der Waals surface area contributed by atoms with Crippen molar-refractivity contribution in [2.75, 3.05) is 6.54 Å². The standard InChI is InChI=1S/C12H21N3/c1-12(2,3)11-10(7-5-6-8-13)9-15(4)14-11/h5,7,9H,6,8,13H2,1-4H3/b7-5+. The molecule has 1 aromatic rings. The van der Waals surface area contributed by atoms with Crippen LogP contribution in [0.4, 0.5) is 0 Å². The zero-order valence-electron chi connectivity index (χ0n) is 10.1. The number of aryl methyl sites for hydroxylation is 1. The van der Waals surface area contributed by atoms with E-state index in [1.54, 1.807) is 0 Å². The van der Waals surface area contributed by atoms with Gasteiger partial charge in [-0.15, -0.1) is 0 Å². The van der Waals surface area contributed by atoms with Gasteiger partial charge in [0.1, 0.15) is 0 Å². The normalized spacial score (nSPS) is 12.6. The summed E-state index contributed by atoms with van der Waals surface area (Å²) < 4.78 is 1.86. The molecule has 15 heavy (non-hydrogen) atoms. The maximum absolute atomic E-state index is 5.45. The number of nitrogens with two attached hydrogens (primary N) is 1. The van der Waals surface area contributed by atoms with Crippen LogP contribution in [0.3, 0.4) is 0 Å². The first kappa shape index (κ1) is 12.0. The first-order valence-corrected chi connectivity index (χ1v) is 5.36. The Hall–Kier alpha value is -1.09. The Morgan fingerprint density at radius 2 is 2.13 bits per heavy atom. The summed E-state index contributed by atoms with van der Waals surface area (Å²) in [6.45, 7) is 7.22. The van der Waals surface area contributed by atoms with Crippen LogP contribution >= 0.6 is 0 Å². The van der Waals surface area contributed by atoms with Gasteiger partial charge in [0.05, 0.1) is 5.69 Å². The van der Waals surface area contributed by atoms with Crippen molar-refractivity contribution in [1.82, 2.24) is 9.78 Å². The van der Waals surface area contributed by atoms with E-state index in [1.165, 1.54) is 5.56 Å². The van der Waals surface area contributed by atoms with Crippen LogP contribution in [0.5, 0.6) is 0 Å². The number of hydrogen-bond acceptors (Lipinski definition) is 2. The molecule has 1 heterocycles. The molecule has 0 aliphatic heterocycles. The lowest BCUT2D eigenvalue weighted by atomic mass is 9.89. The minimum Gasteiger partial charge on any atom is -0.330 e.